The molecule has 0 aliphatic carbocycles. The van der Waals surface area contributed by atoms with E-state index in [-0.39, 0.29) is 5.91 Å². The highest BCUT2D eigenvalue weighted by molar-refractivity contribution is 5.94. The second kappa shape index (κ2) is 8.71. The lowest BCUT2D eigenvalue weighted by molar-refractivity contribution is -0.137. The van der Waals surface area contributed by atoms with Crippen molar-refractivity contribution in [2.45, 2.75) is 20.0 Å². The minimum atomic E-state index is -4.40. The normalized spacial score (nSPS) is 15.0. The van der Waals surface area contributed by atoms with Gasteiger partial charge in [0.2, 0.25) is 0 Å². The molecular formula is C21H24F3N3O2. The predicted octanol–water partition coefficient (Wildman–Crippen LogP) is 4.10. The Morgan fingerprint density at radius 1 is 1.14 bits per heavy atom. The molecule has 0 N–H and O–H groups in total. The summed E-state index contributed by atoms with van der Waals surface area (Å²) >= 11 is 0. The number of aromatic nitrogens is 1. The van der Waals surface area contributed by atoms with Crippen LogP contribution in [0.1, 0.15) is 29.8 Å². The maximum absolute atomic E-state index is 12.8. The molecule has 3 rings (SSSR count). The van der Waals surface area contributed by atoms with E-state index in [2.05, 4.69) is 18.8 Å². The average Bonchev–Trinajstić information content (AvgIpc) is 2.71. The van der Waals surface area contributed by atoms with Crippen molar-refractivity contribution in [3.05, 3.63) is 53.7 Å². The Morgan fingerprint density at radius 3 is 2.45 bits per heavy atom. The largest absolute Gasteiger partial charge is 0.493 e. The molecule has 0 bridgehead atoms. The molecule has 1 aromatic carbocycles. The summed E-state index contributed by atoms with van der Waals surface area (Å²) in [5.41, 5.74) is -0.206. The van der Waals surface area contributed by atoms with Gasteiger partial charge in [-0.25, -0.2) is 4.98 Å². The lowest BCUT2D eigenvalue weighted by Gasteiger charge is -2.35. The monoisotopic (exact) mass is 407 g/mol. The van der Waals surface area contributed by atoms with Gasteiger partial charge in [0.1, 0.15) is 11.6 Å². The Morgan fingerprint density at radius 2 is 1.86 bits per heavy atom. The summed E-state index contributed by atoms with van der Waals surface area (Å²) in [6.07, 6.45) is -3.56. The first-order valence-corrected chi connectivity index (χ1v) is 9.54. The highest BCUT2D eigenvalue weighted by Crippen LogP contribution is 2.29. The molecule has 0 spiro atoms. The van der Waals surface area contributed by atoms with E-state index < -0.39 is 11.7 Å². The van der Waals surface area contributed by atoms with E-state index >= 15 is 0 Å². The number of nitrogens with zero attached hydrogens (tertiary/aromatic N) is 3. The molecule has 0 saturated carbocycles. The summed E-state index contributed by atoms with van der Waals surface area (Å²) in [6, 6.07) is 9.53. The number of rotatable bonds is 5. The van der Waals surface area contributed by atoms with E-state index in [4.69, 9.17) is 4.74 Å². The van der Waals surface area contributed by atoms with E-state index in [0.717, 1.165) is 12.3 Å². The summed E-state index contributed by atoms with van der Waals surface area (Å²) in [7, 11) is 0. The van der Waals surface area contributed by atoms with Gasteiger partial charge in [-0.15, -0.1) is 0 Å². The van der Waals surface area contributed by atoms with Crippen LogP contribution in [0.15, 0.2) is 42.6 Å². The second-order valence-corrected chi connectivity index (χ2v) is 7.41. The molecule has 2 heterocycles. The van der Waals surface area contributed by atoms with Crippen LogP contribution in [0, 0.1) is 5.92 Å². The number of anilines is 1. The van der Waals surface area contributed by atoms with Gasteiger partial charge < -0.3 is 14.5 Å². The molecule has 1 aliphatic heterocycles. The SMILES string of the molecule is CC(C)COc1cccc(C(=O)N2CCN(c3ccc(C(F)(F)F)cn3)CC2)c1. The third-order valence-corrected chi connectivity index (χ3v) is 4.63. The lowest BCUT2D eigenvalue weighted by atomic mass is 10.1. The Kier molecular flexibility index (Phi) is 6.30. The third kappa shape index (κ3) is 5.40. The van der Waals surface area contributed by atoms with Gasteiger partial charge in [0.25, 0.3) is 5.91 Å². The molecule has 1 saturated heterocycles. The first kappa shape index (κ1) is 21.0. The molecule has 5 nitrogen and oxygen atoms in total. The number of amides is 1. The fraction of sp³-hybridized carbons (Fsp3) is 0.429. The van der Waals surface area contributed by atoms with Gasteiger partial charge in [0, 0.05) is 37.9 Å². The Bertz CT molecular complexity index is 830. The van der Waals surface area contributed by atoms with Gasteiger partial charge in [-0.2, -0.15) is 13.2 Å². The van der Waals surface area contributed by atoms with E-state index in [1.54, 1.807) is 23.1 Å². The first-order chi connectivity index (χ1) is 13.7. The molecule has 0 unspecified atom stereocenters. The van der Waals surface area contributed by atoms with Gasteiger partial charge in [-0.05, 0) is 36.2 Å². The zero-order chi connectivity index (χ0) is 21.0. The molecule has 1 aromatic heterocycles. The van der Waals surface area contributed by atoms with E-state index in [9.17, 15) is 18.0 Å². The van der Waals surface area contributed by atoms with Crippen LogP contribution < -0.4 is 9.64 Å². The summed E-state index contributed by atoms with van der Waals surface area (Å²) in [4.78, 5) is 20.3. The molecule has 156 valence electrons. The Hall–Kier alpha value is -2.77. The molecule has 2 aromatic rings. The fourth-order valence-electron chi connectivity index (χ4n) is 3.04. The average molecular weight is 407 g/mol. The Labute approximate surface area is 168 Å². The smallest absolute Gasteiger partial charge is 0.417 e. The fourth-order valence-corrected chi connectivity index (χ4v) is 3.04. The number of pyridine rings is 1. The summed E-state index contributed by atoms with van der Waals surface area (Å²) in [5.74, 6) is 1.45. The number of halogens is 3. The number of alkyl halides is 3. The van der Waals surface area contributed by atoms with Crippen LogP contribution in [0.3, 0.4) is 0 Å². The van der Waals surface area contributed by atoms with Crippen molar-refractivity contribution in [3.8, 4) is 5.75 Å². The standard InChI is InChI=1S/C21H24F3N3O2/c1-15(2)14-29-18-5-3-4-16(12-18)20(28)27-10-8-26(9-11-27)19-7-6-17(13-25-19)21(22,23)24/h3-7,12-13,15H,8-11,14H2,1-2H3. The molecule has 0 atom stereocenters. The highest BCUT2D eigenvalue weighted by atomic mass is 19.4. The maximum Gasteiger partial charge on any atom is 0.417 e. The number of carbonyl (C=O) groups excluding carboxylic acids is 1. The predicted molar refractivity (Wildman–Crippen MR) is 104 cm³/mol. The van der Waals surface area contributed by atoms with Crippen molar-refractivity contribution in [2.75, 3.05) is 37.7 Å². The minimum Gasteiger partial charge on any atom is -0.493 e. The maximum atomic E-state index is 12.8. The lowest BCUT2D eigenvalue weighted by Crippen LogP contribution is -2.49. The highest BCUT2D eigenvalue weighted by Gasteiger charge is 2.31. The summed E-state index contributed by atoms with van der Waals surface area (Å²) in [5, 5.41) is 0. The molecule has 0 radical (unpaired) electrons. The number of carbonyl (C=O) groups is 1. The van der Waals surface area contributed by atoms with E-state index in [0.29, 0.717) is 55.8 Å². The van der Waals surface area contributed by atoms with Crippen molar-refractivity contribution in [2.24, 2.45) is 5.92 Å². The van der Waals surface area contributed by atoms with Crippen molar-refractivity contribution in [1.82, 2.24) is 9.88 Å². The number of ether oxygens (including phenoxy) is 1. The quantitative estimate of drug-likeness (QED) is 0.749. The van der Waals surface area contributed by atoms with Crippen LogP contribution in [-0.2, 0) is 6.18 Å². The zero-order valence-electron chi connectivity index (χ0n) is 16.4. The van der Waals surface area contributed by atoms with Gasteiger partial charge in [-0.1, -0.05) is 19.9 Å². The molecule has 29 heavy (non-hydrogen) atoms. The van der Waals surface area contributed by atoms with Gasteiger partial charge in [0.15, 0.2) is 0 Å². The van der Waals surface area contributed by atoms with Crippen molar-refractivity contribution >= 4 is 11.7 Å². The van der Waals surface area contributed by atoms with Crippen LogP contribution in [0.25, 0.3) is 0 Å². The molecule has 1 aliphatic rings. The van der Waals surface area contributed by atoms with Crippen molar-refractivity contribution in [3.63, 3.8) is 0 Å². The van der Waals surface area contributed by atoms with Crippen molar-refractivity contribution in [1.29, 1.82) is 0 Å². The Balaban J connectivity index is 1.59. The minimum absolute atomic E-state index is 0.0833. The summed E-state index contributed by atoms with van der Waals surface area (Å²) < 4.78 is 43.7. The molecule has 1 fully saturated rings. The van der Waals surface area contributed by atoms with E-state index in [1.165, 1.54) is 6.07 Å². The molecular weight excluding hydrogens is 383 g/mol. The van der Waals surface area contributed by atoms with Crippen molar-refractivity contribution < 1.29 is 22.7 Å². The topological polar surface area (TPSA) is 45.7 Å². The van der Waals surface area contributed by atoms with E-state index in [1.807, 2.05) is 11.0 Å². The van der Waals surface area contributed by atoms with Gasteiger partial charge in [-0.3, -0.25) is 4.79 Å². The van der Waals surface area contributed by atoms with Crippen LogP contribution in [-0.4, -0.2) is 48.6 Å². The van der Waals surface area contributed by atoms with Crippen LogP contribution >= 0.6 is 0 Å². The number of benzene rings is 1. The second-order valence-electron chi connectivity index (χ2n) is 7.41. The number of piperazine rings is 1. The van der Waals surface area contributed by atoms with Gasteiger partial charge >= 0.3 is 6.18 Å². The molecule has 8 heteroatoms. The third-order valence-electron chi connectivity index (χ3n) is 4.63. The van der Waals surface area contributed by atoms with Crippen LogP contribution in [0.4, 0.5) is 19.0 Å². The van der Waals surface area contributed by atoms with Crippen LogP contribution in [0.5, 0.6) is 5.75 Å². The van der Waals surface area contributed by atoms with Crippen LogP contribution in [0.2, 0.25) is 0 Å². The molecule has 1 amide bonds. The van der Waals surface area contributed by atoms with Gasteiger partial charge in [0.05, 0.1) is 12.2 Å². The number of hydrogen-bond donors (Lipinski definition) is 0. The first-order valence-electron chi connectivity index (χ1n) is 9.54. The zero-order valence-corrected chi connectivity index (χ0v) is 16.4. The summed E-state index contributed by atoms with van der Waals surface area (Å²) in [6.45, 7) is 6.65. The number of hydrogen-bond acceptors (Lipinski definition) is 4.